The summed E-state index contributed by atoms with van der Waals surface area (Å²) in [5.41, 5.74) is -0.486. The number of carboxylic acids is 1. The second kappa shape index (κ2) is 6.01. The predicted molar refractivity (Wildman–Crippen MR) is 78.9 cm³/mol. The maximum absolute atomic E-state index is 12.0. The van der Waals surface area contributed by atoms with Crippen molar-refractivity contribution in [3.05, 3.63) is 16.1 Å². The Bertz CT molecular complexity index is 527. The Kier molecular flexibility index (Phi) is 4.51. The number of aromatic carboxylic acids is 1. The van der Waals surface area contributed by atoms with Crippen LogP contribution in [0.25, 0.3) is 0 Å². The molecule has 1 aromatic heterocycles. The summed E-state index contributed by atoms with van der Waals surface area (Å²) >= 11 is 1.22. The zero-order valence-electron chi connectivity index (χ0n) is 12.5. The van der Waals surface area contributed by atoms with Gasteiger partial charge in [-0.2, -0.15) is 0 Å². The molecule has 6 nitrogen and oxygen atoms in total. The summed E-state index contributed by atoms with van der Waals surface area (Å²) in [4.78, 5) is 29.0. The standard InChI is InChI=1S/C14H20N2O4S/c1-14(2,3)20-13(19)16-6-4-9(5-7-16)11-15-8-10(21-11)12(17)18/h8-9H,4-7H2,1-3H3,(H,17,18). The number of ether oxygens (including phenoxy) is 1. The van der Waals surface area contributed by atoms with Crippen LogP contribution in [0.2, 0.25) is 0 Å². The number of piperidine rings is 1. The molecule has 0 radical (unpaired) electrons. The van der Waals surface area contributed by atoms with Crippen molar-refractivity contribution in [3.8, 4) is 0 Å². The first-order valence-electron chi connectivity index (χ1n) is 6.93. The summed E-state index contributed by atoms with van der Waals surface area (Å²) in [6.45, 7) is 6.77. The lowest BCUT2D eigenvalue weighted by atomic mass is 9.98. The molecule has 1 aromatic rings. The molecule has 1 fully saturated rings. The van der Waals surface area contributed by atoms with Crippen molar-refractivity contribution in [2.75, 3.05) is 13.1 Å². The van der Waals surface area contributed by atoms with Gasteiger partial charge in [0.05, 0.1) is 11.2 Å². The van der Waals surface area contributed by atoms with Gasteiger partial charge in [-0.3, -0.25) is 0 Å². The van der Waals surface area contributed by atoms with Crippen molar-refractivity contribution < 1.29 is 19.4 Å². The van der Waals surface area contributed by atoms with Gasteiger partial charge >= 0.3 is 12.1 Å². The van der Waals surface area contributed by atoms with Crippen LogP contribution >= 0.6 is 11.3 Å². The van der Waals surface area contributed by atoms with Crippen molar-refractivity contribution in [2.45, 2.75) is 45.1 Å². The number of carboxylic acid groups (broad SMARTS) is 1. The van der Waals surface area contributed by atoms with E-state index in [1.807, 2.05) is 20.8 Å². The van der Waals surface area contributed by atoms with Crippen molar-refractivity contribution in [3.63, 3.8) is 0 Å². The first-order chi connectivity index (χ1) is 9.76. The zero-order valence-corrected chi connectivity index (χ0v) is 13.3. The normalized spacial score (nSPS) is 16.8. The highest BCUT2D eigenvalue weighted by atomic mass is 32.1. The molecule has 2 rings (SSSR count). The molecule has 1 amide bonds. The Labute approximate surface area is 127 Å². The molecule has 0 aromatic carbocycles. The highest BCUT2D eigenvalue weighted by Crippen LogP contribution is 2.31. The second-order valence-electron chi connectivity index (χ2n) is 6.11. The molecule has 0 aliphatic carbocycles. The maximum Gasteiger partial charge on any atom is 0.410 e. The minimum Gasteiger partial charge on any atom is -0.477 e. The maximum atomic E-state index is 12.0. The summed E-state index contributed by atoms with van der Waals surface area (Å²) in [5, 5.41) is 9.76. The third-order valence-corrected chi connectivity index (χ3v) is 4.38. The fourth-order valence-corrected chi connectivity index (χ4v) is 3.14. The summed E-state index contributed by atoms with van der Waals surface area (Å²) in [6, 6.07) is 0. The van der Waals surface area contributed by atoms with Gasteiger partial charge in [0.2, 0.25) is 0 Å². The Morgan fingerprint density at radius 1 is 1.38 bits per heavy atom. The number of amides is 1. The van der Waals surface area contributed by atoms with Gasteiger partial charge in [0.15, 0.2) is 0 Å². The minimum absolute atomic E-state index is 0.224. The second-order valence-corrected chi connectivity index (χ2v) is 7.17. The van der Waals surface area contributed by atoms with Crippen molar-refractivity contribution in [1.29, 1.82) is 0 Å². The summed E-state index contributed by atoms with van der Waals surface area (Å²) in [7, 11) is 0. The van der Waals surface area contributed by atoms with E-state index in [1.165, 1.54) is 17.5 Å². The summed E-state index contributed by atoms with van der Waals surface area (Å²) < 4.78 is 5.35. The van der Waals surface area contributed by atoms with Crippen LogP contribution in [0.1, 0.15) is 54.2 Å². The fourth-order valence-electron chi connectivity index (χ4n) is 2.21. The molecule has 116 valence electrons. The number of nitrogens with zero attached hydrogens (tertiary/aromatic N) is 2. The molecule has 7 heteroatoms. The monoisotopic (exact) mass is 312 g/mol. The zero-order chi connectivity index (χ0) is 15.6. The number of rotatable bonds is 2. The molecule has 0 atom stereocenters. The SMILES string of the molecule is CC(C)(C)OC(=O)N1CCC(c2ncc(C(=O)O)s2)CC1. The predicted octanol–water partition coefficient (Wildman–Crippen LogP) is 2.96. The highest BCUT2D eigenvalue weighted by molar-refractivity contribution is 7.13. The Morgan fingerprint density at radius 3 is 2.48 bits per heavy atom. The third-order valence-electron chi connectivity index (χ3n) is 3.23. The van der Waals surface area contributed by atoms with Gasteiger partial charge in [-0.05, 0) is 33.6 Å². The highest BCUT2D eigenvalue weighted by Gasteiger charge is 2.29. The van der Waals surface area contributed by atoms with E-state index in [2.05, 4.69) is 4.98 Å². The quantitative estimate of drug-likeness (QED) is 0.908. The molecule has 0 bridgehead atoms. The van der Waals surface area contributed by atoms with Crippen molar-refractivity contribution in [1.82, 2.24) is 9.88 Å². The molecule has 0 saturated carbocycles. The van der Waals surface area contributed by atoms with E-state index in [0.717, 1.165) is 17.8 Å². The first kappa shape index (κ1) is 15.8. The minimum atomic E-state index is -0.940. The molecule has 2 heterocycles. The van der Waals surface area contributed by atoms with Crippen LogP contribution in [-0.2, 0) is 4.74 Å². The number of hydrogen-bond donors (Lipinski definition) is 1. The average Bonchev–Trinajstić information content (AvgIpc) is 2.86. The van der Waals surface area contributed by atoms with Crippen LogP contribution < -0.4 is 0 Å². The molecular formula is C14H20N2O4S. The Morgan fingerprint density at radius 2 is 2.00 bits per heavy atom. The molecular weight excluding hydrogens is 292 g/mol. The smallest absolute Gasteiger partial charge is 0.410 e. The number of likely N-dealkylation sites (tertiary alicyclic amines) is 1. The number of hydrogen-bond acceptors (Lipinski definition) is 5. The Balaban J connectivity index is 1.90. The van der Waals surface area contributed by atoms with Gasteiger partial charge in [0.25, 0.3) is 0 Å². The molecule has 1 aliphatic heterocycles. The van der Waals surface area contributed by atoms with Gasteiger partial charge in [-0.15, -0.1) is 11.3 Å². The van der Waals surface area contributed by atoms with E-state index in [-0.39, 0.29) is 16.9 Å². The lowest BCUT2D eigenvalue weighted by Crippen LogP contribution is -2.41. The van der Waals surface area contributed by atoms with Crippen molar-refractivity contribution in [2.24, 2.45) is 0 Å². The first-order valence-corrected chi connectivity index (χ1v) is 7.75. The van der Waals surface area contributed by atoms with Crippen LogP contribution in [0.4, 0.5) is 4.79 Å². The lowest BCUT2D eigenvalue weighted by Gasteiger charge is -2.32. The van der Waals surface area contributed by atoms with Crippen LogP contribution in [0.3, 0.4) is 0 Å². The number of aromatic nitrogens is 1. The van der Waals surface area contributed by atoms with Crippen LogP contribution in [-0.4, -0.2) is 45.7 Å². The summed E-state index contributed by atoms with van der Waals surface area (Å²) in [6.07, 6.45) is 2.69. The molecule has 1 aliphatic rings. The van der Waals surface area contributed by atoms with Gasteiger partial charge in [0, 0.05) is 19.0 Å². The van der Waals surface area contributed by atoms with E-state index < -0.39 is 11.6 Å². The van der Waals surface area contributed by atoms with Gasteiger partial charge < -0.3 is 14.7 Å². The number of carbonyl (C=O) groups is 2. The summed E-state index contributed by atoms with van der Waals surface area (Å²) in [5.74, 6) is -0.716. The Hall–Kier alpha value is -1.63. The molecule has 21 heavy (non-hydrogen) atoms. The largest absolute Gasteiger partial charge is 0.477 e. The van der Waals surface area contributed by atoms with E-state index in [4.69, 9.17) is 9.84 Å². The van der Waals surface area contributed by atoms with E-state index in [9.17, 15) is 9.59 Å². The molecule has 0 spiro atoms. The van der Waals surface area contributed by atoms with Crippen LogP contribution in [0, 0.1) is 0 Å². The number of thiazole rings is 1. The molecule has 1 N–H and O–H groups in total. The molecule has 1 saturated heterocycles. The third kappa shape index (κ3) is 4.17. The number of carbonyl (C=O) groups excluding carboxylic acids is 1. The van der Waals surface area contributed by atoms with Crippen molar-refractivity contribution >= 4 is 23.4 Å². The van der Waals surface area contributed by atoms with Crippen LogP contribution in [0.15, 0.2) is 6.20 Å². The lowest BCUT2D eigenvalue weighted by molar-refractivity contribution is 0.0204. The topological polar surface area (TPSA) is 79.7 Å². The van der Waals surface area contributed by atoms with Gasteiger partial charge in [-0.1, -0.05) is 0 Å². The van der Waals surface area contributed by atoms with E-state index >= 15 is 0 Å². The fraction of sp³-hybridized carbons (Fsp3) is 0.643. The molecule has 0 unspecified atom stereocenters. The van der Waals surface area contributed by atoms with Gasteiger partial charge in [-0.25, -0.2) is 14.6 Å². The van der Waals surface area contributed by atoms with Gasteiger partial charge in [0.1, 0.15) is 10.5 Å². The average molecular weight is 312 g/mol. The van der Waals surface area contributed by atoms with E-state index in [0.29, 0.717) is 13.1 Å². The van der Waals surface area contributed by atoms with E-state index in [1.54, 1.807) is 4.90 Å². The van der Waals surface area contributed by atoms with Crippen LogP contribution in [0.5, 0.6) is 0 Å².